The van der Waals surface area contributed by atoms with Crippen molar-refractivity contribution in [1.82, 2.24) is 4.90 Å². The van der Waals surface area contributed by atoms with Gasteiger partial charge in [0.2, 0.25) is 0 Å². The van der Waals surface area contributed by atoms with Gasteiger partial charge >= 0.3 is 5.97 Å². The number of hydrogen-bond donors (Lipinski definition) is 0. The highest BCUT2D eigenvalue weighted by Gasteiger charge is 2.35. The molecule has 0 N–H and O–H groups in total. The summed E-state index contributed by atoms with van der Waals surface area (Å²) in [5, 5.41) is -0.339. The molecule has 3 aromatic carbocycles. The number of esters is 1. The first-order valence-electron chi connectivity index (χ1n) is 10.1. The number of carbonyl (C=O) groups excluding carboxylic acids is 3. The molecule has 0 aliphatic carbocycles. The summed E-state index contributed by atoms with van der Waals surface area (Å²) in [6, 6.07) is 17.7. The maximum absolute atomic E-state index is 12.9. The third kappa shape index (κ3) is 5.88. The number of carbonyl (C=O) groups is 3. The van der Waals surface area contributed by atoms with Crippen LogP contribution < -0.4 is 9.47 Å². The molecular formula is C25H16Br3NO5S. The van der Waals surface area contributed by atoms with Gasteiger partial charge in [0.25, 0.3) is 11.1 Å². The van der Waals surface area contributed by atoms with Crippen LogP contribution in [0.2, 0.25) is 0 Å². The van der Waals surface area contributed by atoms with Crippen molar-refractivity contribution < 1.29 is 23.9 Å². The number of nitrogens with zero attached hydrogens (tertiary/aromatic N) is 1. The van der Waals surface area contributed by atoms with Crippen LogP contribution in [0.3, 0.4) is 0 Å². The van der Waals surface area contributed by atoms with E-state index in [4.69, 9.17) is 9.47 Å². The Labute approximate surface area is 231 Å². The van der Waals surface area contributed by atoms with E-state index in [9.17, 15) is 14.4 Å². The van der Waals surface area contributed by atoms with E-state index in [1.165, 1.54) is 12.0 Å². The highest BCUT2D eigenvalue weighted by molar-refractivity contribution is 9.11. The fourth-order valence-corrected chi connectivity index (χ4v) is 5.35. The van der Waals surface area contributed by atoms with Crippen molar-refractivity contribution in [3.63, 3.8) is 0 Å². The minimum Gasteiger partial charge on any atom is -0.493 e. The second-order valence-electron chi connectivity index (χ2n) is 7.30. The molecule has 1 saturated heterocycles. The first-order chi connectivity index (χ1) is 16.8. The van der Waals surface area contributed by atoms with Gasteiger partial charge in [0.05, 0.1) is 28.6 Å². The molecular weight excluding hydrogens is 666 g/mol. The second kappa shape index (κ2) is 11.1. The molecule has 0 radical (unpaired) electrons. The first kappa shape index (κ1) is 25.7. The van der Waals surface area contributed by atoms with E-state index in [1.807, 2.05) is 24.3 Å². The largest absolute Gasteiger partial charge is 0.493 e. The monoisotopic (exact) mass is 679 g/mol. The van der Waals surface area contributed by atoms with Gasteiger partial charge < -0.3 is 9.47 Å². The maximum atomic E-state index is 12.9. The van der Waals surface area contributed by atoms with Gasteiger partial charge in [-0.3, -0.25) is 14.5 Å². The molecule has 4 rings (SSSR count). The van der Waals surface area contributed by atoms with Gasteiger partial charge in [0.15, 0.2) is 11.5 Å². The van der Waals surface area contributed by atoms with Crippen LogP contribution in [0.25, 0.3) is 6.08 Å². The smallest absolute Gasteiger partial charge is 0.344 e. The van der Waals surface area contributed by atoms with Crippen molar-refractivity contribution in [2.45, 2.75) is 6.54 Å². The van der Waals surface area contributed by atoms with E-state index in [0.29, 0.717) is 30.7 Å². The zero-order valence-corrected chi connectivity index (χ0v) is 23.7. The summed E-state index contributed by atoms with van der Waals surface area (Å²) in [4.78, 5) is 39.6. The summed E-state index contributed by atoms with van der Waals surface area (Å²) < 4.78 is 13.0. The number of rotatable bonds is 6. The lowest BCUT2D eigenvalue weighted by Gasteiger charge is -2.13. The first-order valence-corrected chi connectivity index (χ1v) is 13.3. The summed E-state index contributed by atoms with van der Waals surface area (Å²) in [5.74, 6) is -0.436. The molecule has 0 saturated carbocycles. The van der Waals surface area contributed by atoms with Crippen LogP contribution >= 0.6 is 59.6 Å². The Bertz CT molecular complexity index is 1360. The van der Waals surface area contributed by atoms with Gasteiger partial charge in [-0.15, -0.1) is 0 Å². The standard InChI is InChI=1S/C25H16Br3NO5S/c1-33-20-11-15(10-19(28)22(20)34-24(31)17-4-2-3-5-18(17)27)12-21-23(30)29(25(32)35-21)13-14-6-8-16(26)9-7-14/h2-12H,13H2,1H3/b21-12-. The average Bonchev–Trinajstić information content (AvgIpc) is 3.09. The lowest BCUT2D eigenvalue weighted by atomic mass is 10.1. The molecule has 3 aromatic rings. The molecule has 1 aliphatic rings. The summed E-state index contributed by atoms with van der Waals surface area (Å²) in [6.45, 7) is 0.187. The SMILES string of the molecule is COc1cc(/C=C2\SC(=O)N(Cc3ccc(Br)cc3)C2=O)cc(Br)c1OC(=O)c1ccccc1Br. The predicted molar refractivity (Wildman–Crippen MR) is 145 cm³/mol. The van der Waals surface area contributed by atoms with Gasteiger partial charge in [0.1, 0.15) is 0 Å². The third-order valence-corrected chi connectivity index (χ3v) is 7.68. The van der Waals surface area contributed by atoms with E-state index >= 15 is 0 Å². The van der Waals surface area contributed by atoms with Crippen molar-refractivity contribution >= 4 is 82.7 Å². The van der Waals surface area contributed by atoms with E-state index in [-0.39, 0.29) is 23.4 Å². The van der Waals surface area contributed by atoms with E-state index < -0.39 is 5.97 Å². The molecule has 1 heterocycles. The zero-order chi connectivity index (χ0) is 25.1. The summed E-state index contributed by atoms with van der Waals surface area (Å²) in [6.07, 6.45) is 1.61. The Kier molecular flexibility index (Phi) is 8.16. The summed E-state index contributed by atoms with van der Waals surface area (Å²) in [5.41, 5.74) is 1.81. The average molecular weight is 682 g/mol. The predicted octanol–water partition coefficient (Wildman–Crippen LogP) is 7.44. The highest BCUT2D eigenvalue weighted by Crippen LogP contribution is 2.40. The van der Waals surface area contributed by atoms with Crippen molar-refractivity contribution in [2.75, 3.05) is 7.11 Å². The fraction of sp³-hybridized carbons (Fsp3) is 0.0800. The minimum absolute atomic E-state index is 0.187. The van der Waals surface area contributed by atoms with E-state index in [2.05, 4.69) is 47.8 Å². The summed E-state index contributed by atoms with van der Waals surface area (Å²) >= 11 is 11.0. The fourth-order valence-electron chi connectivity index (χ4n) is 3.26. The maximum Gasteiger partial charge on any atom is 0.344 e. The molecule has 178 valence electrons. The molecule has 35 heavy (non-hydrogen) atoms. The van der Waals surface area contributed by atoms with Gasteiger partial charge in [-0.25, -0.2) is 4.79 Å². The molecule has 10 heteroatoms. The van der Waals surface area contributed by atoms with Crippen LogP contribution in [0.15, 0.2) is 79.0 Å². The number of benzene rings is 3. The quantitative estimate of drug-likeness (QED) is 0.153. The molecule has 0 atom stereocenters. The molecule has 6 nitrogen and oxygen atoms in total. The van der Waals surface area contributed by atoms with Crippen molar-refractivity contribution in [1.29, 1.82) is 0 Å². The molecule has 2 amide bonds. The number of ether oxygens (including phenoxy) is 2. The Morgan fingerprint density at radius 1 is 1.00 bits per heavy atom. The minimum atomic E-state index is -0.557. The molecule has 0 unspecified atom stereocenters. The van der Waals surface area contributed by atoms with Crippen molar-refractivity contribution in [2.24, 2.45) is 0 Å². The van der Waals surface area contributed by atoms with Crippen LogP contribution in [0.4, 0.5) is 4.79 Å². The highest BCUT2D eigenvalue weighted by atomic mass is 79.9. The van der Waals surface area contributed by atoms with E-state index in [0.717, 1.165) is 21.8 Å². The molecule has 1 aliphatic heterocycles. The molecule has 0 spiro atoms. The Morgan fingerprint density at radius 2 is 1.71 bits per heavy atom. The lowest BCUT2D eigenvalue weighted by molar-refractivity contribution is -0.123. The van der Waals surface area contributed by atoms with Crippen LogP contribution in [-0.2, 0) is 11.3 Å². The van der Waals surface area contributed by atoms with Crippen LogP contribution in [-0.4, -0.2) is 29.1 Å². The van der Waals surface area contributed by atoms with Gasteiger partial charge in [-0.2, -0.15) is 0 Å². The van der Waals surface area contributed by atoms with Crippen molar-refractivity contribution in [3.8, 4) is 11.5 Å². The molecule has 1 fully saturated rings. The van der Waals surface area contributed by atoms with Gasteiger partial charge in [-0.05, 0) is 97.2 Å². The lowest BCUT2D eigenvalue weighted by Crippen LogP contribution is -2.27. The molecule has 0 aromatic heterocycles. The normalized spacial score (nSPS) is 14.5. The number of thioether (sulfide) groups is 1. The topological polar surface area (TPSA) is 72.9 Å². The van der Waals surface area contributed by atoms with Crippen LogP contribution in [0.1, 0.15) is 21.5 Å². The Balaban J connectivity index is 1.57. The number of halogens is 3. The zero-order valence-electron chi connectivity index (χ0n) is 18.1. The Morgan fingerprint density at radius 3 is 2.40 bits per heavy atom. The van der Waals surface area contributed by atoms with E-state index in [1.54, 1.807) is 42.5 Å². The van der Waals surface area contributed by atoms with Crippen molar-refractivity contribution in [3.05, 3.63) is 95.7 Å². The number of hydrogen-bond acceptors (Lipinski definition) is 6. The summed E-state index contributed by atoms with van der Waals surface area (Å²) in [7, 11) is 1.45. The van der Waals surface area contributed by atoms with Crippen LogP contribution in [0, 0.1) is 0 Å². The second-order valence-corrected chi connectivity index (χ2v) is 10.9. The number of imide groups is 1. The third-order valence-electron chi connectivity index (χ3n) is 4.97. The number of amides is 2. The van der Waals surface area contributed by atoms with Crippen LogP contribution in [0.5, 0.6) is 11.5 Å². The number of methoxy groups -OCH3 is 1. The molecule has 0 bridgehead atoms. The van der Waals surface area contributed by atoms with Gasteiger partial charge in [-0.1, -0.05) is 40.2 Å². The Hall–Kier alpha value is -2.40. The van der Waals surface area contributed by atoms with Gasteiger partial charge in [0, 0.05) is 8.95 Å².